The molecule has 9 nitrogen and oxygen atoms in total. The van der Waals surface area contributed by atoms with E-state index in [0.717, 1.165) is 0 Å². The second kappa shape index (κ2) is 5.19. The minimum Gasteiger partial charge on any atom is -0.343 e. The number of nitrogens with one attached hydrogen (secondary N) is 1. The Morgan fingerprint density at radius 1 is 1.48 bits per heavy atom. The standard InChI is InChI=1S/C12H12N6O3/c1-17(4-2-9-14-7-21-16-9)11(19)8-6-10-13-3-5-18(10)12(20)15-8/h3,5-7H,2,4H2,1H3,(H,15,20). The van der Waals surface area contributed by atoms with Gasteiger partial charge in [0.05, 0.1) is 0 Å². The molecule has 0 radical (unpaired) electrons. The van der Waals surface area contributed by atoms with Crippen LogP contribution in [0.2, 0.25) is 0 Å². The van der Waals surface area contributed by atoms with Crippen molar-refractivity contribution in [1.82, 2.24) is 29.4 Å². The van der Waals surface area contributed by atoms with E-state index in [-0.39, 0.29) is 11.6 Å². The molecule has 0 bridgehead atoms. The Bertz CT molecular complexity index is 819. The van der Waals surface area contributed by atoms with Crippen LogP contribution in [-0.2, 0) is 6.42 Å². The molecular formula is C12H12N6O3. The number of hydrogen-bond donors (Lipinski definition) is 1. The minimum absolute atomic E-state index is 0.189. The second-order valence-electron chi connectivity index (χ2n) is 4.47. The summed E-state index contributed by atoms with van der Waals surface area (Å²) in [5.74, 6) is 0.216. The van der Waals surface area contributed by atoms with E-state index in [1.807, 2.05) is 0 Å². The Balaban J connectivity index is 1.77. The largest absolute Gasteiger partial charge is 0.343 e. The third-order valence-corrected chi connectivity index (χ3v) is 3.06. The first-order chi connectivity index (χ1) is 10.1. The van der Waals surface area contributed by atoms with E-state index in [9.17, 15) is 9.59 Å². The normalized spacial score (nSPS) is 10.9. The number of nitrogens with zero attached hydrogens (tertiary/aromatic N) is 5. The average Bonchev–Trinajstić information content (AvgIpc) is 3.14. The van der Waals surface area contributed by atoms with Crippen molar-refractivity contribution in [2.24, 2.45) is 0 Å². The molecule has 0 aliphatic rings. The summed E-state index contributed by atoms with van der Waals surface area (Å²) in [7, 11) is 1.64. The number of carbonyl (C=O) groups excluding carboxylic acids is 1. The van der Waals surface area contributed by atoms with Gasteiger partial charge in [-0.05, 0) is 0 Å². The lowest BCUT2D eigenvalue weighted by Crippen LogP contribution is -2.32. The number of amides is 1. The van der Waals surface area contributed by atoms with Gasteiger partial charge in [-0.2, -0.15) is 4.98 Å². The van der Waals surface area contributed by atoms with Crippen molar-refractivity contribution in [1.29, 1.82) is 0 Å². The van der Waals surface area contributed by atoms with Crippen LogP contribution in [-0.4, -0.2) is 48.9 Å². The van der Waals surface area contributed by atoms with Gasteiger partial charge in [-0.3, -0.25) is 9.20 Å². The maximum absolute atomic E-state index is 12.3. The van der Waals surface area contributed by atoms with Gasteiger partial charge in [0.25, 0.3) is 5.91 Å². The molecule has 0 fully saturated rings. The third-order valence-electron chi connectivity index (χ3n) is 3.06. The van der Waals surface area contributed by atoms with Crippen LogP contribution in [0.5, 0.6) is 0 Å². The molecule has 0 aromatic carbocycles. The summed E-state index contributed by atoms with van der Waals surface area (Å²) in [5.41, 5.74) is 0.211. The molecule has 0 saturated heterocycles. The topological polar surface area (TPSA) is 109 Å². The van der Waals surface area contributed by atoms with Crippen molar-refractivity contribution in [3.63, 3.8) is 0 Å². The lowest BCUT2D eigenvalue weighted by Gasteiger charge is -2.15. The number of carbonyl (C=O) groups is 1. The number of rotatable bonds is 4. The first kappa shape index (κ1) is 13.0. The summed E-state index contributed by atoms with van der Waals surface area (Å²) in [6, 6.07) is 1.54. The van der Waals surface area contributed by atoms with E-state index in [1.165, 1.54) is 34.2 Å². The van der Waals surface area contributed by atoms with E-state index in [0.29, 0.717) is 24.4 Å². The summed E-state index contributed by atoms with van der Waals surface area (Å²) in [6.45, 7) is 0.403. The maximum Gasteiger partial charge on any atom is 0.331 e. The van der Waals surface area contributed by atoms with Crippen molar-refractivity contribution in [3.05, 3.63) is 46.9 Å². The zero-order valence-corrected chi connectivity index (χ0v) is 11.2. The highest BCUT2D eigenvalue weighted by atomic mass is 16.5. The molecule has 0 saturated carbocycles. The van der Waals surface area contributed by atoms with Gasteiger partial charge in [0, 0.05) is 38.5 Å². The van der Waals surface area contributed by atoms with Crippen molar-refractivity contribution in [2.75, 3.05) is 13.6 Å². The van der Waals surface area contributed by atoms with Crippen LogP contribution in [0, 0.1) is 0 Å². The smallest absolute Gasteiger partial charge is 0.331 e. The average molecular weight is 288 g/mol. The van der Waals surface area contributed by atoms with E-state index >= 15 is 0 Å². The van der Waals surface area contributed by atoms with Crippen LogP contribution in [0.1, 0.15) is 16.3 Å². The van der Waals surface area contributed by atoms with Crippen molar-refractivity contribution >= 4 is 11.6 Å². The van der Waals surface area contributed by atoms with Gasteiger partial charge in [0.1, 0.15) is 11.3 Å². The van der Waals surface area contributed by atoms with Gasteiger partial charge in [-0.1, -0.05) is 5.16 Å². The summed E-state index contributed by atoms with van der Waals surface area (Å²) in [4.78, 5) is 36.0. The number of likely N-dealkylation sites (N-methyl/N-ethyl adjacent to an activating group) is 1. The van der Waals surface area contributed by atoms with E-state index in [2.05, 4.69) is 24.6 Å². The van der Waals surface area contributed by atoms with Crippen LogP contribution in [0.25, 0.3) is 5.65 Å². The zero-order valence-electron chi connectivity index (χ0n) is 11.2. The molecule has 1 N–H and O–H groups in total. The van der Waals surface area contributed by atoms with Crippen molar-refractivity contribution < 1.29 is 9.32 Å². The number of aromatic amines is 1. The lowest BCUT2D eigenvalue weighted by atomic mass is 10.3. The Labute approximate surface area is 118 Å². The Kier molecular flexibility index (Phi) is 3.22. The van der Waals surface area contributed by atoms with Crippen LogP contribution in [0.15, 0.2) is 34.2 Å². The molecule has 3 heterocycles. The molecule has 108 valence electrons. The van der Waals surface area contributed by atoms with Crippen LogP contribution in [0.3, 0.4) is 0 Å². The van der Waals surface area contributed by atoms with E-state index in [4.69, 9.17) is 0 Å². The molecule has 3 aromatic rings. The fourth-order valence-electron chi connectivity index (χ4n) is 1.93. The van der Waals surface area contributed by atoms with Gasteiger partial charge in [-0.15, -0.1) is 0 Å². The first-order valence-corrected chi connectivity index (χ1v) is 6.22. The monoisotopic (exact) mass is 288 g/mol. The summed E-state index contributed by atoms with van der Waals surface area (Å²) in [6.07, 6.45) is 4.73. The zero-order chi connectivity index (χ0) is 14.8. The molecule has 21 heavy (non-hydrogen) atoms. The Morgan fingerprint density at radius 2 is 2.33 bits per heavy atom. The molecule has 0 aliphatic heterocycles. The lowest BCUT2D eigenvalue weighted by molar-refractivity contribution is 0.0789. The van der Waals surface area contributed by atoms with Crippen LogP contribution < -0.4 is 5.69 Å². The highest BCUT2D eigenvalue weighted by Crippen LogP contribution is 2.03. The fourth-order valence-corrected chi connectivity index (χ4v) is 1.93. The third kappa shape index (κ3) is 2.53. The number of hydrogen-bond acceptors (Lipinski definition) is 6. The van der Waals surface area contributed by atoms with Gasteiger partial charge in [0.15, 0.2) is 5.82 Å². The second-order valence-corrected chi connectivity index (χ2v) is 4.47. The van der Waals surface area contributed by atoms with Crippen molar-refractivity contribution in [2.45, 2.75) is 6.42 Å². The molecule has 9 heteroatoms. The minimum atomic E-state index is -0.403. The number of imidazole rings is 1. The first-order valence-electron chi connectivity index (χ1n) is 6.22. The highest BCUT2D eigenvalue weighted by Gasteiger charge is 2.15. The van der Waals surface area contributed by atoms with Crippen LogP contribution >= 0.6 is 0 Å². The van der Waals surface area contributed by atoms with Crippen molar-refractivity contribution in [3.8, 4) is 0 Å². The summed E-state index contributed by atoms with van der Waals surface area (Å²) < 4.78 is 5.95. The predicted octanol–water partition coefficient (Wildman–Crippen LogP) is -0.280. The fraction of sp³-hybridized carbons (Fsp3) is 0.250. The van der Waals surface area contributed by atoms with E-state index < -0.39 is 5.69 Å². The van der Waals surface area contributed by atoms with Crippen LogP contribution in [0.4, 0.5) is 0 Å². The number of aromatic nitrogens is 5. The number of fused-ring (bicyclic) bond motifs is 1. The molecule has 1 amide bonds. The molecule has 0 aliphatic carbocycles. The molecule has 3 aromatic heterocycles. The summed E-state index contributed by atoms with van der Waals surface area (Å²) in [5, 5.41) is 3.67. The van der Waals surface area contributed by atoms with Gasteiger partial charge in [-0.25, -0.2) is 9.78 Å². The predicted molar refractivity (Wildman–Crippen MR) is 70.8 cm³/mol. The van der Waals surface area contributed by atoms with Gasteiger partial charge >= 0.3 is 5.69 Å². The molecule has 0 spiro atoms. The SMILES string of the molecule is CN(CCc1ncon1)C(=O)c1cc2nccn2c(=O)[nH]1. The van der Waals surface area contributed by atoms with E-state index in [1.54, 1.807) is 7.05 Å². The molecular weight excluding hydrogens is 276 g/mol. The highest BCUT2D eigenvalue weighted by molar-refractivity contribution is 5.92. The Hall–Kier alpha value is -2.97. The van der Waals surface area contributed by atoms with Gasteiger partial charge < -0.3 is 14.4 Å². The maximum atomic E-state index is 12.3. The Morgan fingerprint density at radius 3 is 3.10 bits per heavy atom. The quantitative estimate of drug-likeness (QED) is 0.707. The molecule has 0 unspecified atom stereocenters. The number of H-pyrrole nitrogens is 1. The summed E-state index contributed by atoms with van der Waals surface area (Å²) >= 11 is 0. The van der Waals surface area contributed by atoms with Gasteiger partial charge in [0.2, 0.25) is 6.39 Å². The molecule has 3 rings (SSSR count). The molecule has 0 atom stereocenters.